The van der Waals surface area contributed by atoms with E-state index in [2.05, 4.69) is 65.8 Å². The van der Waals surface area contributed by atoms with Crippen LogP contribution in [0, 0.1) is 6.92 Å². The Morgan fingerprint density at radius 3 is 2.68 bits per heavy atom. The van der Waals surface area contributed by atoms with Gasteiger partial charge in [-0.25, -0.2) is 9.97 Å². The lowest BCUT2D eigenvalue weighted by Gasteiger charge is -2.07. The van der Waals surface area contributed by atoms with Crippen molar-refractivity contribution in [3.05, 3.63) is 54.1 Å². The second kappa shape index (κ2) is 5.07. The molecule has 0 radical (unpaired) electrons. The van der Waals surface area contributed by atoms with Crippen LogP contribution in [-0.4, -0.2) is 17.0 Å². The third-order valence-corrected chi connectivity index (χ3v) is 4.86. The zero-order valence-corrected chi connectivity index (χ0v) is 13.2. The van der Waals surface area contributed by atoms with Crippen LogP contribution in [0.4, 0.5) is 5.95 Å². The van der Waals surface area contributed by atoms with Gasteiger partial charge in [0, 0.05) is 17.1 Å². The molecular weight excluding hydrogens is 290 g/mol. The first kappa shape index (κ1) is 13.2. The van der Waals surface area contributed by atoms with Crippen molar-refractivity contribution in [1.29, 1.82) is 0 Å². The molecule has 0 unspecified atom stereocenters. The van der Waals surface area contributed by atoms with Crippen LogP contribution in [0.3, 0.4) is 0 Å². The maximum atomic E-state index is 4.71. The van der Waals surface area contributed by atoms with Crippen LogP contribution in [0.5, 0.6) is 0 Å². The number of hydrogen-bond donors (Lipinski definition) is 1. The predicted molar refractivity (Wildman–Crippen MR) is 94.6 cm³/mol. The average Bonchev–Trinajstić information content (AvgIpc) is 2.97. The number of aromatic nitrogens is 2. The van der Waals surface area contributed by atoms with Crippen LogP contribution in [0.1, 0.15) is 5.56 Å². The topological polar surface area (TPSA) is 37.8 Å². The van der Waals surface area contributed by atoms with E-state index in [-0.39, 0.29) is 0 Å². The molecule has 0 aliphatic heterocycles. The van der Waals surface area contributed by atoms with Crippen LogP contribution in [0.25, 0.3) is 31.6 Å². The summed E-state index contributed by atoms with van der Waals surface area (Å²) in [6.07, 6.45) is 0. The first-order valence-corrected chi connectivity index (χ1v) is 8.01. The third kappa shape index (κ3) is 2.12. The van der Waals surface area contributed by atoms with Crippen LogP contribution < -0.4 is 5.32 Å². The predicted octanol–water partition coefficient (Wildman–Crippen LogP) is 4.86. The lowest BCUT2D eigenvalue weighted by atomic mass is 10.1. The fraction of sp³-hybridized carbons (Fsp3) is 0.111. The molecule has 0 fully saturated rings. The molecule has 1 N–H and O–H groups in total. The normalized spacial score (nSPS) is 11.2. The summed E-state index contributed by atoms with van der Waals surface area (Å²) in [5, 5.41) is 5.42. The fourth-order valence-electron chi connectivity index (χ4n) is 2.64. The molecule has 0 aliphatic rings. The minimum atomic E-state index is 0.656. The number of fused-ring (bicyclic) bond motifs is 2. The highest BCUT2D eigenvalue weighted by Gasteiger charge is 2.12. The van der Waals surface area contributed by atoms with E-state index < -0.39 is 0 Å². The molecule has 0 saturated heterocycles. The summed E-state index contributed by atoms with van der Waals surface area (Å²) in [5.74, 6) is 0.656. The van der Waals surface area contributed by atoms with Crippen molar-refractivity contribution in [3.8, 4) is 10.6 Å². The molecule has 108 valence electrons. The number of nitrogens with one attached hydrogen (secondary N) is 1. The molecule has 0 spiro atoms. The van der Waals surface area contributed by atoms with E-state index in [0.29, 0.717) is 5.95 Å². The highest BCUT2D eigenvalue weighted by atomic mass is 32.1. The molecule has 0 atom stereocenters. The zero-order chi connectivity index (χ0) is 15.1. The molecule has 4 aromatic rings. The molecule has 0 amide bonds. The van der Waals surface area contributed by atoms with Crippen LogP contribution in [0.2, 0.25) is 0 Å². The van der Waals surface area contributed by atoms with Crippen molar-refractivity contribution in [2.75, 3.05) is 12.4 Å². The van der Waals surface area contributed by atoms with E-state index in [1.165, 1.54) is 20.5 Å². The molecule has 2 heterocycles. The van der Waals surface area contributed by atoms with E-state index in [0.717, 1.165) is 16.6 Å². The number of hydrogen-bond acceptors (Lipinski definition) is 4. The molecule has 4 rings (SSSR count). The van der Waals surface area contributed by atoms with Crippen molar-refractivity contribution in [1.82, 2.24) is 9.97 Å². The van der Waals surface area contributed by atoms with Crippen molar-refractivity contribution in [2.24, 2.45) is 0 Å². The smallest absolute Gasteiger partial charge is 0.223 e. The monoisotopic (exact) mass is 305 g/mol. The Morgan fingerprint density at radius 1 is 1.00 bits per heavy atom. The Hall–Kier alpha value is -2.46. The molecule has 22 heavy (non-hydrogen) atoms. The van der Waals surface area contributed by atoms with Gasteiger partial charge in [-0.15, -0.1) is 11.3 Å². The van der Waals surface area contributed by atoms with Crippen LogP contribution in [0.15, 0.2) is 48.5 Å². The molecule has 0 aliphatic carbocycles. The Labute approximate surface area is 132 Å². The summed E-state index contributed by atoms with van der Waals surface area (Å²) in [5.41, 5.74) is 3.19. The van der Waals surface area contributed by atoms with Gasteiger partial charge < -0.3 is 5.32 Å². The fourth-order valence-corrected chi connectivity index (χ4v) is 3.71. The van der Waals surface area contributed by atoms with Gasteiger partial charge in [0.2, 0.25) is 5.95 Å². The molecule has 3 nitrogen and oxygen atoms in total. The summed E-state index contributed by atoms with van der Waals surface area (Å²) in [6, 6.07) is 17.0. The van der Waals surface area contributed by atoms with Gasteiger partial charge >= 0.3 is 0 Å². The van der Waals surface area contributed by atoms with Crippen LogP contribution >= 0.6 is 11.3 Å². The maximum Gasteiger partial charge on any atom is 0.223 e. The highest BCUT2D eigenvalue weighted by Crippen LogP contribution is 2.36. The van der Waals surface area contributed by atoms with E-state index in [1.54, 1.807) is 11.3 Å². The lowest BCUT2D eigenvalue weighted by Crippen LogP contribution is -1.98. The molecule has 4 heteroatoms. The molecular formula is C18H15N3S. The van der Waals surface area contributed by atoms with E-state index in [4.69, 9.17) is 4.98 Å². The highest BCUT2D eigenvalue weighted by molar-refractivity contribution is 7.22. The van der Waals surface area contributed by atoms with Gasteiger partial charge in [0.05, 0.1) is 16.1 Å². The van der Waals surface area contributed by atoms with Crippen molar-refractivity contribution in [3.63, 3.8) is 0 Å². The summed E-state index contributed by atoms with van der Waals surface area (Å²) in [6.45, 7) is 2.10. The van der Waals surface area contributed by atoms with Crippen molar-refractivity contribution < 1.29 is 0 Å². The summed E-state index contributed by atoms with van der Waals surface area (Å²) >= 11 is 1.77. The molecule has 2 aromatic carbocycles. The molecule has 0 bridgehead atoms. The third-order valence-electron chi connectivity index (χ3n) is 3.73. The Balaban J connectivity index is 2.05. The first-order valence-electron chi connectivity index (χ1n) is 7.20. The van der Waals surface area contributed by atoms with Gasteiger partial charge in [-0.1, -0.05) is 29.8 Å². The zero-order valence-electron chi connectivity index (χ0n) is 12.4. The Bertz CT molecular complexity index is 955. The quantitative estimate of drug-likeness (QED) is 0.574. The SMILES string of the molecule is CNc1nc(-c2cc3ccccc3s2)c2cc(C)ccc2n1. The number of rotatable bonds is 2. The van der Waals surface area contributed by atoms with E-state index in [9.17, 15) is 0 Å². The van der Waals surface area contributed by atoms with Gasteiger partial charge in [-0.3, -0.25) is 0 Å². The van der Waals surface area contributed by atoms with Crippen molar-refractivity contribution in [2.45, 2.75) is 6.92 Å². The number of anilines is 1. The van der Waals surface area contributed by atoms with E-state index >= 15 is 0 Å². The average molecular weight is 305 g/mol. The maximum absolute atomic E-state index is 4.71. The minimum absolute atomic E-state index is 0.656. The van der Waals surface area contributed by atoms with Gasteiger partial charge in [0.1, 0.15) is 0 Å². The molecule has 0 saturated carbocycles. The van der Waals surface area contributed by atoms with Crippen LogP contribution in [-0.2, 0) is 0 Å². The van der Waals surface area contributed by atoms with Gasteiger partial charge in [-0.05, 0) is 36.6 Å². The van der Waals surface area contributed by atoms with Crippen molar-refractivity contribution >= 4 is 38.3 Å². The van der Waals surface area contributed by atoms with Gasteiger partial charge in [0.15, 0.2) is 0 Å². The first-order chi connectivity index (χ1) is 10.7. The second-order valence-electron chi connectivity index (χ2n) is 5.31. The standard InChI is InChI=1S/C18H15N3S/c1-11-7-8-14-13(9-11)17(21-18(19-2)20-14)16-10-12-5-3-4-6-15(12)22-16/h3-10H,1-2H3,(H,19,20,21). The summed E-state index contributed by atoms with van der Waals surface area (Å²) in [7, 11) is 1.85. The summed E-state index contributed by atoms with van der Waals surface area (Å²) < 4.78 is 1.28. The van der Waals surface area contributed by atoms with E-state index in [1.807, 2.05) is 7.05 Å². The largest absolute Gasteiger partial charge is 0.357 e. The summed E-state index contributed by atoms with van der Waals surface area (Å²) in [4.78, 5) is 10.4. The molecule has 2 aromatic heterocycles. The number of thiophene rings is 1. The Kier molecular flexibility index (Phi) is 3.05. The number of aryl methyl sites for hydroxylation is 1. The van der Waals surface area contributed by atoms with Gasteiger partial charge in [-0.2, -0.15) is 0 Å². The van der Waals surface area contributed by atoms with Gasteiger partial charge in [0.25, 0.3) is 0 Å². The second-order valence-corrected chi connectivity index (χ2v) is 6.40. The lowest BCUT2D eigenvalue weighted by molar-refractivity contribution is 1.20. The Morgan fingerprint density at radius 2 is 1.86 bits per heavy atom. The minimum Gasteiger partial charge on any atom is -0.357 e. The number of nitrogens with zero attached hydrogens (tertiary/aromatic N) is 2. The number of benzene rings is 2.